The van der Waals surface area contributed by atoms with Gasteiger partial charge in [0.25, 0.3) is 0 Å². The molecule has 1 heterocycles. The van der Waals surface area contributed by atoms with Crippen LogP contribution >= 0.6 is 11.8 Å². The highest BCUT2D eigenvalue weighted by molar-refractivity contribution is 8.01. The maximum Gasteiger partial charge on any atom is 0.242 e. The summed E-state index contributed by atoms with van der Waals surface area (Å²) in [4.78, 5) is 25.6. The first-order chi connectivity index (χ1) is 9.63. The third kappa shape index (κ3) is 5.12. The number of unbranched alkanes of at least 4 members (excludes halogenated alkanes) is 2. The van der Waals surface area contributed by atoms with Gasteiger partial charge in [-0.05, 0) is 19.3 Å². The fourth-order valence-electron chi connectivity index (χ4n) is 2.67. The van der Waals surface area contributed by atoms with E-state index in [1.165, 1.54) is 30.6 Å². The Morgan fingerprint density at radius 3 is 2.45 bits per heavy atom. The van der Waals surface area contributed by atoms with Gasteiger partial charge < -0.3 is 0 Å². The first-order valence-corrected chi connectivity index (χ1v) is 9.07. The Bertz CT molecular complexity index is 320. The molecule has 20 heavy (non-hydrogen) atoms. The quantitative estimate of drug-likeness (QED) is 0.452. The average Bonchev–Trinajstić information content (AvgIpc) is 2.67. The zero-order valence-electron chi connectivity index (χ0n) is 13.2. The maximum atomic E-state index is 12.3. The number of carbonyl (C=O) groups excluding carboxylic acids is 2. The molecule has 0 aliphatic carbocycles. The molecule has 2 atom stereocenters. The molecule has 1 saturated heterocycles. The highest BCUT2D eigenvalue weighted by atomic mass is 32.2. The Morgan fingerprint density at radius 1 is 1.10 bits per heavy atom. The van der Waals surface area contributed by atoms with Crippen LogP contribution in [0.3, 0.4) is 0 Å². The highest BCUT2D eigenvalue weighted by Crippen LogP contribution is 2.33. The second kappa shape index (κ2) is 9.43. The van der Waals surface area contributed by atoms with Crippen molar-refractivity contribution < 1.29 is 9.59 Å². The summed E-state index contributed by atoms with van der Waals surface area (Å²) in [5.41, 5.74) is 0. The Kier molecular flexibility index (Phi) is 8.27. The Morgan fingerprint density at radius 2 is 1.85 bits per heavy atom. The van der Waals surface area contributed by atoms with E-state index in [0.717, 1.165) is 19.3 Å². The second-order valence-electron chi connectivity index (χ2n) is 5.62. The molecule has 0 N–H and O–H groups in total. The van der Waals surface area contributed by atoms with Gasteiger partial charge in [0.1, 0.15) is 0 Å². The molecule has 1 aliphatic rings. The Balaban J connectivity index is 2.51. The fraction of sp³-hybridized carbons (Fsp3) is 0.875. The number of thioether (sulfide) groups is 1. The highest BCUT2D eigenvalue weighted by Gasteiger charge is 2.39. The van der Waals surface area contributed by atoms with E-state index in [4.69, 9.17) is 0 Å². The number of likely N-dealkylation sites (tertiary alicyclic amines) is 1. The summed E-state index contributed by atoms with van der Waals surface area (Å²) in [5, 5.41) is 0.419. The number of carbonyl (C=O) groups is 2. The fourth-order valence-corrected chi connectivity index (χ4v) is 4.30. The third-order valence-electron chi connectivity index (χ3n) is 3.75. The molecule has 3 nitrogen and oxygen atoms in total. The molecular weight excluding hydrogens is 270 g/mol. The maximum absolute atomic E-state index is 12.3. The van der Waals surface area contributed by atoms with Gasteiger partial charge in [-0.25, -0.2) is 0 Å². The van der Waals surface area contributed by atoms with Crippen LogP contribution in [0.2, 0.25) is 0 Å². The van der Waals surface area contributed by atoms with E-state index in [2.05, 4.69) is 13.8 Å². The van der Waals surface area contributed by atoms with Crippen molar-refractivity contribution >= 4 is 23.6 Å². The lowest BCUT2D eigenvalue weighted by molar-refractivity contribution is -0.138. The van der Waals surface area contributed by atoms with E-state index in [1.807, 2.05) is 6.92 Å². The summed E-state index contributed by atoms with van der Waals surface area (Å²) in [6, 6.07) is 0. The van der Waals surface area contributed by atoms with Gasteiger partial charge in [0.15, 0.2) is 0 Å². The van der Waals surface area contributed by atoms with Crippen LogP contribution in [0, 0.1) is 0 Å². The largest absolute Gasteiger partial charge is 0.282 e. The van der Waals surface area contributed by atoms with Crippen LogP contribution in [0.5, 0.6) is 0 Å². The van der Waals surface area contributed by atoms with E-state index in [-0.39, 0.29) is 17.1 Å². The summed E-state index contributed by atoms with van der Waals surface area (Å²) >= 11 is 1.76. The monoisotopic (exact) mass is 299 g/mol. The SMILES string of the molecule is CCCCCC(CCC)SC1CC(=O)N(CCC)C1=O. The van der Waals surface area contributed by atoms with Crippen molar-refractivity contribution in [2.75, 3.05) is 6.54 Å². The van der Waals surface area contributed by atoms with Gasteiger partial charge in [-0.15, -0.1) is 11.8 Å². The van der Waals surface area contributed by atoms with Gasteiger partial charge in [0.05, 0.1) is 5.25 Å². The van der Waals surface area contributed by atoms with Crippen LogP contribution in [-0.4, -0.2) is 33.8 Å². The average molecular weight is 299 g/mol. The topological polar surface area (TPSA) is 37.4 Å². The summed E-state index contributed by atoms with van der Waals surface area (Å²) in [7, 11) is 0. The predicted molar refractivity (Wildman–Crippen MR) is 85.8 cm³/mol. The van der Waals surface area contributed by atoms with E-state index in [1.54, 1.807) is 11.8 Å². The lowest BCUT2D eigenvalue weighted by Gasteiger charge is -2.19. The van der Waals surface area contributed by atoms with Crippen molar-refractivity contribution in [1.29, 1.82) is 0 Å². The van der Waals surface area contributed by atoms with Crippen molar-refractivity contribution in [3.8, 4) is 0 Å². The molecule has 1 rings (SSSR count). The molecule has 0 aromatic rings. The van der Waals surface area contributed by atoms with Crippen molar-refractivity contribution in [2.45, 2.75) is 82.6 Å². The molecular formula is C16H29NO2S. The zero-order chi connectivity index (χ0) is 15.0. The van der Waals surface area contributed by atoms with Crippen molar-refractivity contribution in [2.24, 2.45) is 0 Å². The summed E-state index contributed by atoms with van der Waals surface area (Å²) < 4.78 is 0. The molecule has 0 radical (unpaired) electrons. The zero-order valence-corrected chi connectivity index (χ0v) is 14.0. The molecule has 0 spiro atoms. The van der Waals surface area contributed by atoms with E-state index < -0.39 is 0 Å². The molecule has 1 aliphatic heterocycles. The number of nitrogens with zero attached hydrogens (tertiary/aromatic N) is 1. The minimum Gasteiger partial charge on any atom is -0.282 e. The van der Waals surface area contributed by atoms with Crippen LogP contribution in [0.1, 0.15) is 72.1 Å². The normalized spacial score (nSPS) is 20.8. The molecule has 0 bridgehead atoms. The second-order valence-corrected chi connectivity index (χ2v) is 7.13. The van der Waals surface area contributed by atoms with Gasteiger partial charge in [-0.3, -0.25) is 14.5 Å². The van der Waals surface area contributed by atoms with E-state index >= 15 is 0 Å². The molecule has 0 saturated carbocycles. The first kappa shape index (κ1) is 17.5. The molecule has 2 amide bonds. The first-order valence-electron chi connectivity index (χ1n) is 8.13. The van der Waals surface area contributed by atoms with Crippen LogP contribution in [0.25, 0.3) is 0 Å². The molecule has 116 valence electrons. The molecule has 2 unspecified atom stereocenters. The predicted octanol–water partition coefficient (Wildman–Crippen LogP) is 4.01. The van der Waals surface area contributed by atoms with Gasteiger partial charge in [-0.2, -0.15) is 0 Å². The number of hydrogen-bond donors (Lipinski definition) is 0. The van der Waals surface area contributed by atoms with Crippen LogP contribution < -0.4 is 0 Å². The molecule has 4 heteroatoms. The lowest BCUT2D eigenvalue weighted by Crippen LogP contribution is -2.32. The summed E-state index contributed by atoms with van der Waals surface area (Å²) in [5.74, 6) is 0.0802. The van der Waals surface area contributed by atoms with E-state index in [9.17, 15) is 9.59 Å². The van der Waals surface area contributed by atoms with Gasteiger partial charge in [0.2, 0.25) is 11.8 Å². The van der Waals surface area contributed by atoms with Crippen LogP contribution in [-0.2, 0) is 9.59 Å². The standard InChI is InChI=1S/C16H29NO2S/c1-4-7-8-10-13(9-5-2)20-14-12-15(18)17(11-6-3)16(14)19/h13-14H,4-12H2,1-3H3. The molecule has 1 fully saturated rings. The van der Waals surface area contributed by atoms with Crippen molar-refractivity contribution in [3.63, 3.8) is 0 Å². The number of amides is 2. The van der Waals surface area contributed by atoms with Gasteiger partial charge in [-0.1, -0.05) is 46.5 Å². The third-order valence-corrected chi connectivity index (χ3v) is 5.30. The summed E-state index contributed by atoms with van der Waals surface area (Å²) in [6.07, 6.45) is 8.48. The molecule has 0 aromatic carbocycles. The Labute approximate surface area is 127 Å². The van der Waals surface area contributed by atoms with E-state index in [0.29, 0.717) is 18.2 Å². The van der Waals surface area contributed by atoms with Gasteiger partial charge in [0, 0.05) is 18.2 Å². The van der Waals surface area contributed by atoms with Crippen LogP contribution in [0.15, 0.2) is 0 Å². The van der Waals surface area contributed by atoms with Gasteiger partial charge >= 0.3 is 0 Å². The van der Waals surface area contributed by atoms with Crippen LogP contribution in [0.4, 0.5) is 0 Å². The van der Waals surface area contributed by atoms with Crippen molar-refractivity contribution in [1.82, 2.24) is 4.90 Å². The number of hydrogen-bond acceptors (Lipinski definition) is 3. The summed E-state index contributed by atoms with van der Waals surface area (Å²) in [6.45, 7) is 7.00. The number of rotatable bonds is 10. The lowest BCUT2D eigenvalue weighted by atomic mass is 10.1. The minimum atomic E-state index is -0.118. The minimum absolute atomic E-state index is 0.0261. The molecule has 0 aromatic heterocycles. The Hall–Kier alpha value is -0.510. The van der Waals surface area contributed by atoms with Crippen molar-refractivity contribution in [3.05, 3.63) is 0 Å². The smallest absolute Gasteiger partial charge is 0.242 e. The number of imide groups is 1.